The van der Waals surface area contributed by atoms with Crippen LogP contribution in [0.2, 0.25) is 5.02 Å². The van der Waals surface area contributed by atoms with Gasteiger partial charge in [-0.05, 0) is 41.1 Å². The molecule has 4 aromatic rings. The Morgan fingerprint density at radius 2 is 2.08 bits per heavy atom. The molecule has 1 atom stereocenters. The van der Waals surface area contributed by atoms with Crippen molar-refractivity contribution in [2.24, 2.45) is 0 Å². The molecule has 0 saturated carbocycles. The van der Waals surface area contributed by atoms with E-state index >= 15 is 0 Å². The van der Waals surface area contributed by atoms with Crippen molar-refractivity contribution in [2.45, 2.75) is 13.0 Å². The molecule has 4 nitrogen and oxygen atoms in total. The van der Waals surface area contributed by atoms with Crippen LogP contribution in [0.5, 0.6) is 11.5 Å². The molecule has 2 heterocycles. The van der Waals surface area contributed by atoms with Gasteiger partial charge in [0.1, 0.15) is 28.9 Å². The zero-order valence-electron chi connectivity index (χ0n) is 13.7. The molecule has 0 aliphatic heterocycles. The molecule has 1 N–H and O–H groups in total. The molecule has 0 aliphatic rings. The van der Waals surface area contributed by atoms with E-state index in [9.17, 15) is 5.11 Å². The lowest BCUT2D eigenvalue weighted by atomic mass is 10.1. The largest absolute Gasteiger partial charge is 0.507 e. The Morgan fingerprint density at radius 1 is 1.27 bits per heavy atom. The molecule has 0 saturated heterocycles. The minimum Gasteiger partial charge on any atom is -0.507 e. The fourth-order valence-electron chi connectivity index (χ4n) is 2.79. The standard InChI is InChI=1S/C19H14BrClN2O2S/c1-11(13-4-2-3-5-14(13)21)25-12-8-17(26-9-12)23-10-22-15-6-7-16(24)18(20)19(15)23/h2-11,24H,1H3/t11-/m1/s1. The van der Waals surface area contributed by atoms with Crippen LogP contribution in [0, 0.1) is 0 Å². The number of hydrogen-bond donors (Lipinski definition) is 1. The predicted molar refractivity (Wildman–Crippen MR) is 109 cm³/mol. The first-order valence-corrected chi connectivity index (χ1v) is 9.94. The van der Waals surface area contributed by atoms with Crippen LogP contribution in [-0.4, -0.2) is 14.7 Å². The lowest BCUT2D eigenvalue weighted by Gasteiger charge is -2.15. The van der Waals surface area contributed by atoms with Crippen LogP contribution < -0.4 is 4.74 Å². The van der Waals surface area contributed by atoms with E-state index in [0.29, 0.717) is 9.50 Å². The Hall–Kier alpha value is -2.02. The van der Waals surface area contributed by atoms with Crippen molar-refractivity contribution in [3.8, 4) is 16.5 Å². The zero-order valence-corrected chi connectivity index (χ0v) is 16.8. The number of aromatic hydroxyl groups is 1. The highest BCUT2D eigenvalue weighted by Crippen LogP contribution is 2.36. The number of phenols is 1. The minimum absolute atomic E-state index is 0.165. The smallest absolute Gasteiger partial charge is 0.133 e. The van der Waals surface area contributed by atoms with Crippen LogP contribution in [0.4, 0.5) is 0 Å². The Kier molecular flexibility index (Phi) is 4.65. The van der Waals surface area contributed by atoms with Gasteiger partial charge in [0.05, 0.1) is 15.5 Å². The van der Waals surface area contributed by atoms with E-state index in [1.807, 2.05) is 47.2 Å². The summed E-state index contributed by atoms with van der Waals surface area (Å²) < 4.78 is 8.60. The van der Waals surface area contributed by atoms with Gasteiger partial charge < -0.3 is 9.84 Å². The molecular weight excluding hydrogens is 436 g/mol. The van der Waals surface area contributed by atoms with E-state index in [1.54, 1.807) is 29.8 Å². The first-order chi connectivity index (χ1) is 12.5. The number of fused-ring (bicyclic) bond motifs is 1. The molecule has 4 rings (SSSR count). The summed E-state index contributed by atoms with van der Waals surface area (Å²) in [6.07, 6.45) is 1.57. The number of nitrogens with zero attached hydrogens (tertiary/aromatic N) is 2. The van der Waals surface area contributed by atoms with Crippen molar-refractivity contribution in [3.05, 3.63) is 69.2 Å². The maximum absolute atomic E-state index is 9.96. The molecule has 0 amide bonds. The van der Waals surface area contributed by atoms with E-state index in [4.69, 9.17) is 16.3 Å². The van der Waals surface area contributed by atoms with Crippen LogP contribution in [0.25, 0.3) is 16.0 Å². The predicted octanol–water partition coefficient (Wildman–Crippen LogP) is 6.35. The van der Waals surface area contributed by atoms with Crippen molar-refractivity contribution in [2.75, 3.05) is 0 Å². The molecule has 2 aromatic heterocycles. The average Bonchev–Trinajstić information content (AvgIpc) is 3.25. The van der Waals surface area contributed by atoms with Crippen LogP contribution in [0.3, 0.4) is 0 Å². The molecule has 0 bridgehead atoms. The summed E-state index contributed by atoms with van der Waals surface area (Å²) in [5, 5.41) is 13.5. The van der Waals surface area contributed by atoms with Crippen molar-refractivity contribution in [3.63, 3.8) is 0 Å². The molecule has 0 radical (unpaired) electrons. The van der Waals surface area contributed by atoms with Crippen LogP contribution in [0.1, 0.15) is 18.6 Å². The maximum Gasteiger partial charge on any atom is 0.133 e. The molecule has 0 fully saturated rings. The Labute approximate surface area is 167 Å². The second kappa shape index (κ2) is 6.95. The lowest BCUT2D eigenvalue weighted by Crippen LogP contribution is -2.03. The van der Waals surface area contributed by atoms with E-state index in [2.05, 4.69) is 20.9 Å². The summed E-state index contributed by atoms with van der Waals surface area (Å²) in [5.74, 6) is 0.940. The van der Waals surface area contributed by atoms with Gasteiger partial charge in [-0.3, -0.25) is 4.57 Å². The van der Waals surface area contributed by atoms with E-state index in [0.717, 1.165) is 27.3 Å². The molecule has 2 aromatic carbocycles. The zero-order chi connectivity index (χ0) is 18.3. The number of benzene rings is 2. The van der Waals surface area contributed by atoms with Gasteiger partial charge in [-0.25, -0.2) is 4.98 Å². The number of imidazole rings is 1. The van der Waals surface area contributed by atoms with Gasteiger partial charge in [-0.2, -0.15) is 0 Å². The van der Waals surface area contributed by atoms with Crippen molar-refractivity contribution in [1.82, 2.24) is 9.55 Å². The highest BCUT2D eigenvalue weighted by atomic mass is 79.9. The van der Waals surface area contributed by atoms with E-state index in [-0.39, 0.29) is 11.9 Å². The second-order valence-electron chi connectivity index (χ2n) is 5.78. The third-order valence-electron chi connectivity index (χ3n) is 4.08. The monoisotopic (exact) mass is 448 g/mol. The quantitative estimate of drug-likeness (QED) is 0.395. The van der Waals surface area contributed by atoms with Crippen molar-refractivity contribution in [1.29, 1.82) is 0 Å². The van der Waals surface area contributed by atoms with Gasteiger partial charge >= 0.3 is 0 Å². The number of halogens is 2. The van der Waals surface area contributed by atoms with Crippen LogP contribution in [-0.2, 0) is 0 Å². The topological polar surface area (TPSA) is 47.3 Å². The molecule has 26 heavy (non-hydrogen) atoms. The average molecular weight is 450 g/mol. The first kappa shape index (κ1) is 17.4. The molecule has 132 valence electrons. The fourth-order valence-corrected chi connectivity index (χ4v) is 4.40. The van der Waals surface area contributed by atoms with Gasteiger partial charge in [0.15, 0.2) is 0 Å². The minimum atomic E-state index is -0.165. The van der Waals surface area contributed by atoms with E-state index < -0.39 is 0 Å². The van der Waals surface area contributed by atoms with Crippen molar-refractivity contribution >= 4 is 49.9 Å². The normalized spacial score (nSPS) is 12.4. The summed E-state index contributed by atoms with van der Waals surface area (Å²) >= 11 is 11.2. The van der Waals surface area contributed by atoms with Gasteiger partial charge in [0, 0.05) is 22.0 Å². The Balaban J connectivity index is 1.65. The Morgan fingerprint density at radius 3 is 2.88 bits per heavy atom. The van der Waals surface area contributed by atoms with Crippen LogP contribution in [0.15, 0.2) is 58.6 Å². The number of ether oxygens (including phenoxy) is 1. The summed E-state index contributed by atoms with van der Waals surface area (Å²) in [7, 11) is 0. The Bertz CT molecular complexity index is 1090. The molecule has 0 aliphatic carbocycles. The first-order valence-electron chi connectivity index (χ1n) is 7.89. The second-order valence-corrected chi connectivity index (χ2v) is 7.87. The number of phenolic OH excluding ortho intramolecular Hbond substituents is 1. The summed E-state index contributed by atoms with van der Waals surface area (Å²) in [4.78, 5) is 4.40. The van der Waals surface area contributed by atoms with Gasteiger partial charge in [0.25, 0.3) is 0 Å². The van der Waals surface area contributed by atoms with Crippen molar-refractivity contribution < 1.29 is 9.84 Å². The molecule has 7 heteroatoms. The summed E-state index contributed by atoms with van der Waals surface area (Å²) in [6.45, 7) is 1.97. The summed E-state index contributed by atoms with van der Waals surface area (Å²) in [5.41, 5.74) is 2.56. The number of aromatic nitrogens is 2. The highest BCUT2D eigenvalue weighted by Gasteiger charge is 2.15. The summed E-state index contributed by atoms with van der Waals surface area (Å²) in [6, 6.07) is 13.0. The number of hydrogen-bond acceptors (Lipinski definition) is 4. The van der Waals surface area contributed by atoms with Crippen LogP contribution >= 0.6 is 38.9 Å². The third kappa shape index (κ3) is 3.09. The SMILES string of the molecule is C[C@@H](Oc1csc(-n2cnc3ccc(O)c(Br)c32)c1)c1ccccc1Cl. The van der Waals surface area contributed by atoms with Gasteiger partial charge in [-0.15, -0.1) is 11.3 Å². The third-order valence-corrected chi connectivity index (χ3v) is 6.11. The molecule has 0 spiro atoms. The van der Waals surface area contributed by atoms with E-state index in [1.165, 1.54) is 0 Å². The number of thiophene rings is 1. The maximum atomic E-state index is 9.96. The van der Waals surface area contributed by atoms with Gasteiger partial charge in [-0.1, -0.05) is 29.8 Å². The fraction of sp³-hybridized carbons (Fsp3) is 0.105. The number of rotatable bonds is 4. The molecule has 0 unspecified atom stereocenters. The molecular formula is C19H14BrClN2O2S. The van der Waals surface area contributed by atoms with Gasteiger partial charge in [0.2, 0.25) is 0 Å². The lowest BCUT2D eigenvalue weighted by molar-refractivity contribution is 0.228. The highest BCUT2D eigenvalue weighted by molar-refractivity contribution is 9.10.